The van der Waals surface area contributed by atoms with Crippen LogP contribution in [0.2, 0.25) is 0 Å². The number of likely N-dealkylation sites (N-methyl/N-ethyl adjacent to an activating group) is 1. The number of ether oxygens (including phenoxy) is 1. The van der Waals surface area contributed by atoms with E-state index in [-0.39, 0.29) is 11.9 Å². The van der Waals surface area contributed by atoms with Gasteiger partial charge in [-0.2, -0.15) is 0 Å². The van der Waals surface area contributed by atoms with Crippen LogP contribution in [0.25, 0.3) is 0 Å². The molecule has 2 nitrogen and oxygen atoms in total. The minimum absolute atomic E-state index is 0.228. The minimum atomic E-state index is -0.241. The second-order valence-corrected chi connectivity index (χ2v) is 7.00. The Hall–Kier alpha value is -0.430. The van der Waals surface area contributed by atoms with Gasteiger partial charge in [-0.15, -0.1) is 0 Å². The molecule has 1 N–H and O–H groups in total. The van der Waals surface area contributed by atoms with E-state index >= 15 is 0 Å². The number of hydrogen-bond acceptors (Lipinski definition) is 2. The summed E-state index contributed by atoms with van der Waals surface area (Å²) in [7, 11) is 1.78. The molecule has 0 radical (unpaired) electrons. The van der Waals surface area contributed by atoms with Gasteiger partial charge in [0.15, 0.2) is 0 Å². The van der Waals surface area contributed by atoms with E-state index < -0.39 is 0 Å². The fourth-order valence-electron chi connectivity index (χ4n) is 1.92. The van der Waals surface area contributed by atoms with Crippen molar-refractivity contribution < 1.29 is 9.13 Å². The lowest BCUT2D eigenvalue weighted by Crippen LogP contribution is -2.24. The summed E-state index contributed by atoms with van der Waals surface area (Å²) in [6.45, 7) is 0.316. The minimum Gasteiger partial charge on any atom is -0.489 e. The van der Waals surface area contributed by atoms with Crippen LogP contribution in [0.5, 0.6) is 5.75 Å². The predicted molar refractivity (Wildman–Crippen MR) is 93.2 cm³/mol. The Balaban J connectivity index is 2.17. The van der Waals surface area contributed by atoms with Crippen LogP contribution in [-0.2, 0) is 0 Å². The zero-order chi connectivity index (χ0) is 15.4. The summed E-state index contributed by atoms with van der Waals surface area (Å²) in [5.74, 6) is 0.448. The number of nitrogens with one attached hydrogen (secondary N) is 1. The Kier molecular flexibility index (Phi) is 6.22. The van der Waals surface area contributed by atoms with Crippen molar-refractivity contribution in [1.82, 2.24) is 5.32 Å². The summed E-state index contributed by atoms with van der Waals surface area (Å²) in [6.07, 6.45) is 0. The molecule has 1 atom stereocenters. The Morgan fingerprint density at radius 3 is 2.33 bits per heavy atom. The van der Waals surface area contributed by atoms with Crippen molar-refractivity contribution in [3.8, 4) is 5.75 Å². The lowest BCUT2D eigenvalue weighted by Gasteiger charge is -2.19. The molecule has 6 heteroatoms. The summed E-state index contributed by atoms with van der Waals surface area (Å²) in [4.78, 5) is 0. The van der Waals surface area contributed by atoms with Crippen molar-refractivity contribution in [2.45, 2.75) is 6.04 Å². The maximum Gasteiger partial charge on any atom is 0.147 e. The van der Waals surface area contributed by atoms with Crippen molar-refractivity contribution in [3.05, 3.63) is 61.2 Å². The Bertz CT molecular complexity index is 613. The maximum atomic E-state index is 13.8. The zero-order valence-corrected chi connectivity index (χ0v) is 15.9. The summed E-state index contributed by atoms with van der Waals surface area (Å²) in [5.41, 5.74) is 0.587. The van der Waals surface area contributed by atoms with Crippen LogP contribution in [0.1, 0.15) is 11.6 Å². The molecule has 0 heterocycles. The van der Waals surface area contributed by atoms with Gasteiger partial charge in [0.2, 0.25) is 0 Å². The molecule has 0 aliphatic heterocycles. The van der Waals surface area contributed by atoms with Gasteiger partial charge in [0.1, 0.15) is 18.2 Å². The molecule has 0 aliphatic carbocycles. The molecule has 2 rings (SSSR count). The monoisotopic (exact) mass is 479 g/mol. The van der Waals surface area contributed by atoms with E-state index in [4.69, 9.17) is 4.74 Å². The van der Waals surface area contributed by atoms with Crippen molar-refractivity contribution in [2.24, 2.45) is 0 Å². The standard InChI is InChI=1S/C15H13Br3FNO/c1-20-14(10-4-2-3-5-13(10)19)8-21-15-11(17)6-9(16)7-12(15)18/h2-7,14,20H,8H2,1H3. The highest BCUT2D eigenvalue weighted by atomic mass is 79.9. The first-order chi connectivity index (χ1) is 10.0. The lowest BCUT2D eigenvalue weighted by atomic mass is 10.1. The van der Waals surface area contributed by atoms with Crippen LogP contribution in [-0.4, -0.2) is 13.7 Å². The Morgan fingerprint density at radius 1 is 1.14 bits per heavy atom. The van der Waals surface area contributed by atoms with E-state index in [9.17, 15) is 4.39 Å². The molecule has 2 aromatic rings. The van der Waals surface area contributed by atoms with Gasteiger partial charge in [0, 0.05) is 10.0 Å². The van der Waals surface area contributed by atoms with Gasteiger partial charge in [-0.1, -0.05) is 34.1 Å². The first-order valence-electron chi connectivity index (χ1n) is 6.22. The van der Waals surface area contributed by atoms with Crippen LogP contribution in [0.4, 0.5) is 4.39 Å². The van der Waals surface area contributed by atoms with Gasteiger partial charge in [0.05, 0.1) is 15.0 Å². The third-order valence-corrected chi connectivity index (χ3v) is 4.62. The van der Waals surface area contributed by atoms with Gasteiger partial charge in [-0.3, -0.25) is 0 Å². The molecule has 2 aromatic carbocycles. The molecule has 0 spiro atoms. The number of hydrogen-bond donors (Lipinski definition) is 1. The fraction of sp³-hybridized carbons (Fsp3) is 0.200. The molecule has 112 valence electrons. The topological polar surface area (TPSA) is 21.3 Å². The van der Waals surface area contributed by atoms with Crippen LogP contribution < -0.4 is 10.1 Å². The number of halogens is 4. The maximum absolute atomic E-state index is 13.8. The lowest BCUT2D eigenvalue weighted by molar-refractivity contribution is 0.267. The quantitative estimate of drug-likeness (QED) is 0.613. The van der Waals surface area contributed by atoms with Gasteiger partial charge in [0.25, 0.3) is 0 Å². The molecule has 0 aromatic heterocycles. The van der Waals surface area contributed by atoms with Crippen LogP contribution in [0.3, 0.4) is 0 Å². The first kappa shape index (κ1) is 16.9. The van der Waals surface area contributed by atoms with E-state index in [0.29, 0.717) is 17.9 Å². The van der Waals surface area contributed by atoms with Crippen molar-refractivity contribution in [2.75, 3.05) is 13.7 Å². The van der Waals surface area contributed by atoms with E-state index in [2.05, 4.69) is 53.1 Å². The molecule has 0 fully saturated rings. The molecular weight excluding hydrogens is 469 g/mol. The van der Waals surface area contributed by atoms with Crippen LogP contribution in [0, 0.1) is 5.82 Å². The zero-order valence-electron chi connectivity index (χ0n) is 11.2. The molecular formula is C15H13Br3FNO. The largest absolute Gasteiger partial charge is 0.489 e. The second-order valence-electron chi connectivity index (χ2n) is 4.37. The molecule has 0 saturated heterocycles. The van der Waals surface area contributed by atoms with Crippen molar-refractivity contribution in [3.63, 3.8) is 0 Å². The highest BCUT2D eigenvalue weighted by Gasteiger charge is 2.16. The van der Waals surface area contributed by atoms with Gasteiger partial charge < -0.3 is 10.1 Å². The normalized spacial score (nSPS) is 12.2. The Morgan fingerprint density at radius 2 is 1.76 bits per heavy atom. The fourth-order valence-corrected chi connectivity index (χ4v) is 4.41. The van der Waals surface area contributed by atoms with E-state index in [1.807, 2.05) is 18.2 Å². The summed E-state index contributed by atoms with van der Waals surface area (Å²) < 4.78 is 22.3. The van der Waals surface area contributed by atoms with E-state index in [1.165, 1.54) is 6.07 Å². The van der Waals surface area contributed by atoms with Crippen molar-refractivity contribution >= 4 is 47.8 Å². The smallest absolute Gasteiger partial charge is 0.147 e. The average molecular weight is 482 g/mol. The second kappa shape index (κ2) is 7.72. The van der Waals surface area contributed by atoms with Gasteiger partial charge >= 0.3 is 0 Å². The van der Waals surface area contributed by atoms with Gasteiger partial charge in [-0.05, 0) is 57.1 Å². The number of rotatable bonds is 5. The van der Waals surface area contributed by atoms with E-state index in [0.717, 1.165) is 13.4 Å². The molecule has 1 unspecified atom stereocenters. The summed E-state index contributed by atoms with van der Waals surface area (Å²) in [5, 5.41) is 3.07. The van der Waals surface area contributed by atoms with Crippen LogP contribution in [0.15, 0.2) is 49.8 Å². The highest BCUT2D eigenvalue weighted by molar-refractivity contribution is 9.11. The van der Waals surface area contributed by atoms with E-state index in [1.54, 1.807) is 19.2 Å². The first-order valence-corrected chi connectivity index (χ1v) is 8.60. The summed E-state index contributed by atoms with van der Waals surface area (Å²) in [6, 6.07) is 10.3. The SMILES string of the molecule is CNC(COc1c(Br)cc(Br)cc1Br)c1ccccc1F. The van der Waals surface area contributed by atoms with Crippen LogP contribution >= 0.6 is 47.8 Å². The summed E-state index contributed by atoms with van der Waals surface area (Å²) >= 11 is 10.3. The average Bonchev–Trinajstić information content (AvgIpc) is 2.43. The molecule has 0 saturated carbocycles. The number of benzene rings is 2. The molecule has 0 aliphatic rings. The molecule has 0 amide bonds. The molecule has 21 heavy (non-hydrogen) atoms. The highest BCUT2D eigenvalue weighted by Crippen LogP contribution is 2.37. The predicted octanol–water partition coefficient (Wildman–Crippen LogP) is 5.45. The van der Waals surface area contributed by atoms with Crippen molar-refractivity contribution in [1.29, 1.82) is 0 Å². The third-order valence-electron chi connectivity index (χ3n) is 2.99. The Labute approximate surface area is 148 Å². The molecule has 0 bridgehead atoms. The third kappa shape index (κ3) is 4.28. The van der Waals surface area contributed by atoms with Gasteiger partial charge in [-0.25, -0.2) is 4.39 Å².